The number of benzene rings is 2. The molecule has 4 nitrogen and oxygen atoms in total. The minimum atomic E-state index is -0.401. The molecular formula is C19H19NO3. The van der Waals surface area contributed by atoms with E-state index in [1.807, 2.05) is 59.5 Å². The Morgan fingerprint density at radius 3 is 2.65 bits per heavy atom. The third-order valence-corrected chi connectivity index (χ3v) is 4.47. The van der Waals surface area contributed by atoms with E-state index in [1.165, 1.54) is 0 Å². The van der Waals surface area contributed by atoms with Gasteiger partial charge in [0, 0.05) is 13.0 Å². The van der Waals surface area contributed by atoms with Gasteiger partial charge in [0.25, 0.3) is 5.91 Å². The Morgan fingerprint density at radius 1 is 1.04 bits per heavy atom. The molecule has 2 aromatic carbocycles. The molecule has 0 radical (unpaired) electrons. The molecule has 2 aliphatic rings. The predicted octanol–water partition coefficient (Wildman–Crippen LogP) is 2.59. The third-order valence-electron chi connectivity index (χ3n) is 4.47. The highest BCUT2D eigenvalue weighted by atomic mass is 16.5. The third kappa shape index (κ3) is 2.82. The molecule has 2 heterocycles. The number of amides is 1. The molecule has 4 heteroatoms. The lowest BCUT2D eigenvalue weighted by Gasteiger charge is -2.34. The zero-order valence-corrected chi connectivity index (χ0v) is 12.9. The molecule has 118 valence electrons. The van der Waals surface area contributed by atoms with Crippen LogP contribution >= 0.6 is 0 Å². The summed E-state index contributed by atoms with van der Waals surface area (Å²) >= 11 is 0. The average molecular weight is 309 g/mol. The van der Waals surface area contributed by atoms with E-state index in [1.54, 1.807) is 0 Å². The monoisotopic (exact) mass is 309 g/mol. The summed E-state index contributed by atoms with van der Waals surface area (Å²) in [5.74, 6) is 0.893. The summed E-state index contributed by atoms with van der Waals surface area (Å²) in [5.41, 5.74) is 2.22. The van der Waals surface area contributed by atoms with Crippen LogP contribution in [0.2, 0.25) is 0 Å². The maximum absolute atomic E-state index is 12.8. The minimum Gasteiger partial charge on any atom is -0.480 e. The summed E-state index contributed by atoms with van der Waals surface area (Å²) < 4.78 is 11.7. The van der Waals surface area contributed by atoms with E-state index < -0.39 is 6.10 Å². The van der Waals surface area contributed by atoms with Crippen LogP contribution in [-0.4, -0.2) is 36.6 Å². The topological polar surface area (TPSA) is 38.8 Å². The van der Waals surface area contributed by atoms with Crippen molar-refractivity contribution in [2.75, 3.05) is 19.7 Å². The van der Waals surface area contributed by atoms with Crippen LogP contribution in [0.3, 0.4) is 0 Å². The van der Waals surface area contributed by atoms with Gasteiger partial charge in [-0.15, -0.1) is 0 Å². The Balaban J connectivity index is 1.45. The van der Waals surface area contributed by atoms with E-state index in [2.05, 4.69) is 0 Å². The molecule has 2 atom stereocenters. The zero-order valence-electron chi connectivity index (χ0n) is 12.9. The molecule has 0 saturated carbocycles. The van der Waals surface area contributed by atoms with Crippen LogP contribution in [0.5, 0.6) is 5.75 Å². The first kappa shape index (κ1) is 14.3. The molecule has 1 amide bonds. The van der Waals surface area contributed by atoms with Crippen molar-refractivity contribution in [2.24, 2.45) is 0 Å². The van der Waals surface area contributed by atoms with Crippen molar-refractivity contribution in [3.8, 4) is 5.75 Å². The number of hydrogen-bond acceptors (Lipinski definition) is 3. The second-order valence-corrected chi connectivity index (χ2v) is 5.97. The summed E-state index contributed by atoms with van der Waals surface area (Å²) in [6.45, 7) is 1.77. The molecule has 2 aromatic rings. The predicted molar refractivity (Wildman–Crippen MR) is 86.3 cm³/mol. The summed E-state index contributed by atoms with van der Waals surface area (Å²) in [5, 5.41) is 0. The molecule has 1 saturated heterocycles. The molecule has 0 aliphatic carbocycles. The molecule has 23 heavy (non-hydrogen) atoms. The maximum atomic E-state index is 12.8. The summed E-state index contributed by atoms with van der Waals surface area (Å²) in [6.07, 6.45) is 0.196. The lowest BCUT2D eigenvalue weighted by molar-refractivity contribution is -0.145. The number of carbonyl (C=O) groups is 1. The van der Waals surface area contributed by atoms with Crippen LogP contribution in [-0.2, 0) is 16.0 Å². The normalized spacial score (nSPS) is 23.2. The summed E-state index contributed by atoms with van der Waals surface area (Å²) in [7, 11) is 0. The van der Waals surface area contributed by atoms with E-state index >= 15 is 0 Å². The lowest BCUT2D eigenvalue weighted by Crippen LogP contribution is -2.47. The molecular weight excluding hydrogens is 290 g/mol. The van der Waals surface area contributed by atoms with E-state index in [4.69, 9.17) is 9.47 Å². The number of hydrogen-bond donors (Lipinski definition) is 0. The molecule has 0 aromatic heterocycles. The van der Waals surface area contributed by atoms with Crippen molar-refractivity contribution < 1.29 is 14.3 Å². The van der Waals surface area contributed by atoms with Crippen molar-refractivity contribution in [2.45, 2.75) is 18.6 Å². The maximum Gasteiger partial charge on any atom is 0.264 e. The number of morpholine rings is 1. The van der Waals surface area contributed by atoms with Gasteiger partial charge in [-0.3, -0.25) is 4.79 Å². The van der Waals surface area contributed by atoms with E-state index in [9.17, 15) is 4.79 Å². The van der Waals surface area contributed by atoms with Crippen molar-refractivity contribution in [3.63, 3.8) is 0 Å². The van der Waals surface area contributed by atoms with Gasteiger partial charge in [-0.25, -0.2) is 0 Å². The Bertz CT molecular complexity index is 676. The van der Waals surface area contributed by atoms with Crippen LogP contribution in [0, 0.1) is 0 Å². The lowest BCUT2D eigenvalue weighted by atomic mass is 10.1. The van der Waals surface area contributed by atoms with Crippen LogP contribution in [0.4, 0.5) is 0 Å². The van der Waals surface area contributed by atoms with Gasteiger partial charge in [0.2, 0.25) is 0 Å². The van der Waals surface area contributed by atoms with Crippen LogP contribution < -0.4 is 4.74 Å². The first-order valence-electron chi connectivity index (χ1n) is 8.01. The van der Waals surface area contributed by atoms with E-state index in [0.717, 1.165) is 16.9 Å². The van der Waals surface area contributed by atoms with Gasteiger partial charge in [-0.1, -0.05) is 48.5 Å². The number of ether oxygens (including phenoxy) is 2. The van der Waals surface area contributed by atoms with Gasteiger partial charge in [-0.05, 0) is 17.2 Å². The highest BCUT2D eigenvalue weighted by molar-refractivity contribution is 5.82. The Hall–Kier alpha value is -2.33. The largest absolute Gasteiger partial charge is 0.480 e. The van der Waals surface area contributed by atoms with Gasteiger partial charge in [0.1, 0.15) is 11.9 Å². The fourth-order valence-corrected chi connectivity index (χ4v) is 3.24. The van der Waals surface area contributed by atoms with Gasteiger partial charge >= 0.3 is 0 Å². The van der Waals surface area contributed by atoms with E-state index in [0.29, 0.717) is 26.1 Å². The second kappa shape index (κ2) is 6.05. The summed E-state index contributed by atoms with van der Waals surface area (Å²) in [4.78, 5) is 14.7. The highest BCUT2D eigenvalue weighted by Gasteiger charge is 2.34. The molecule has 0 bridgehead atoms. The molecule has 4 rings (SSSR count). The standard InChI is InChI=1S/C19H19NO3/c21-19(17-12-15-8-4-5-9-16(15)23-17)20-10-11-22-18(13-20)14-6-2-1-3-7-14/h1-9,17-18H,10-13H2. The van der Waals surface area contributed by atoms with Gasteiger partial charge < -0.3 is 14.4 Å². The van der Waals surface area contributed by atoms with Crippen LogP contribution in [0.15, 0.2) is 54.6 Å². The molecule has 1 fully saturated rings. The average Bonchev–Trinajstić information content (AvgIpc) is 3.06. The number of rotatable bonds is 2. The first-order chi connectivity index (χ1) is 11.3. The quantitative estimate of drug-likeness (QED) is 0.856. The number of carbonyl (C=O) groups excluding carboxylic acids is 1. The van der Waals surface area contributed by atoms with Crippen molar-refractivity contribution in [1.82, 2.24) is 4.90 Å². The van der Waals surface area contributed by atoms with Gasteiger partial charge in [-0.2, -0.15) is 0 Å². The molecule has 0 spiro atoms. The number of para-hydroxylation sites is 1. The fraction of sp³-hybridized carbons (Fsp3) is 0.316. The Morgan fingerprint density at radius 2 is 1.83 bits per heavy atom. The zero-order chi connectivity index (χ0) is 15.6. The van der Waals surface area contributed by atoms with Gasteiger partial charge in [0.15, 0.2) is 6.10 Å². The highest BCUT2D eigenvalue weighted by Crippen LogP contribution is 2.30. The van der Waals surface area contributed by atoms with Crippen molar-refractivity contribution in [3.05, 3.63) is 65.7 Å². The van der Waals surface area contributed by atoms with Gasteiger partial charge in [0.05, 0.1) is 13.2 Å². The Kier molecular flexibility index (Phi) is 3.75. The Labute approximate surface area is 135 Å². The smallest absolute Gasteiger partial charge is 0.264 e. The van der Waals surface area contributed by atoms with Crippen LogP contribution in [0.1, 0.15) is 17.2 Å². The fourth-order valence-electron chi connectivity index (χ4n) is 3.24. The number of nitrogens with zero attached hydrogens (tertiary/aromatic N) is 1. The molecule has 0 N–H and O–H groups in total. The second-order valence-electron chi connectivity index (χ2n) is 5.97. The first-order valence-corrected chi connectivity index (χ1v) is 8.01. The van der Waals surface area contributed by atoms with Crippen molar-refractivity contribution >= 4 is 5.91 Å². The minimum absolute atomic E-state index is 0.0577. The SMILES string of the molecule is O=C(C1Cc2ccccc2O1)N1CCOC(c2ccccc2)C1. The summed E-state index contributed by atoms with van der Waals surface area (Å²) in [6, 6.07) is 17.9. The molecule has 2 aliphatic heterocycles. The van der Waals surface area contributed by atoms with E-state index in [-0.39, 0.29) is 12.0 Å². The number of fused-ring (bicyclic) bond motifs is 1. The van der Waals surface area contributed by atoms with Crippen LogP contribution in [0.25, 0.3) is 0 Å². The van der Waals surface area contributed by atoms with Crippen molar-refractivity contribution in [1.29, 1.82) is 0 Å². The molecule has 2 unspecified atom stereocenters.